The zero-order chi connectivity index (χ0) is 23.0. The van der Waals surface area contributed by atoms with E-state index in [1.807, 2.05) is 30.3 Å². The van der Waals surface area contributed by atoms with Crippen LogP contribution in [-0.4, -0.2) is 72.9 Å². The third-order valence-corrected chi connectivity index (χ3v) is 5.98. The Morgan fingerprint density at radius 2 is 1.58 bits per heavy atom. The number of para-hydroxylation sites is 1. The molecule has 172 valence electrons. The summed E-state index contributed by atoms with van der Waals surface area (Å²) >= 11 is 0.840. The average Bonchev–Trinajstić information content (AvgIpc) is 3.11. The van der Waals surface area contributed by atoms with Gasteiger partial charge in [0.1, 0.15) is 31.3 Å². The third kappa shape index (κ3) is 6.15. The Hall–Kier alpha value is -3.30. The van der Waals surface area contributed by atoms with E-state index in [0.29, 0.717) is 50.2 Å². The maximum atomic E-state index is 12.7. The van der Waals surface area contributed by atoms with Crippen molar-refractivity contribution >= 4 is 34.9 Å². The first-order valence-corrected chi connectivity index (χ1v) is 11.4. The third-order valence-electron chi connectivity index (χ3n) is 5.07. The molecule has 0 bridgehead atoms. The highest BCUT2D eigenvalue weighted by Gasteiger charge is 2.37. The molecular formula is C24H24N2O6S. The first-order chi connectivity index (χ1) is 16.1. The van der Waals surface area contributed by atoms with Crippen LogP contribution in [-0.2, 0) is 14.3 Å². The lowest BCUT2D eigenvalue weighted by Gasteiger charge is -2.28. The smallest absolute Gasteiger partial charge is 0.294 e. The number of imide groups is 1. The molecule has 0 atom stereocenters. The Balaban J connectivity index is 1.28. The maximum Gasteiger partial charge on any atom is 0.294 e. The molecule has 0 saturated carbocycles. The van der Waals surface area contributed by atoms with Crippen molar-refractivity contribution in [2.24, 2.45) is 0 Å². The number of rotatable bonds is 8. The number of hydrogen-bond donors (Lipinski definition) is 0. The zero-order valence-corrected chi connectivity index (χ0v) is 18.8. The van der Waals surface area contributed by atoms with E-state index in [2.05, 4.69) is 0 Å². The number of nitrogens with zero attached hydrogens (tertiary/aromatic N) is 2. The summed E-state index contributed by atoms with van der Waals surface area (Å²) in [5, 5.41) is -0.439. The molecular weight excluding hydrogens is 444 g/mol. The lowest BCUT2D eigenvalue weighted by atomic mass is 10.2. The quantitative estimate of drug-likeness (QED) is 0.435. The number of carbonyl (C=O) groups is 3. The second-order valence-corrected chi connectivity index (χ2v) is 8.33. The van der Waals surface area contributed by atoms with Gasteiger partial charge < -0.3 is 19.1 Å². The van der Waals surface area contributed by atoms with Crippen LogP contribution in [0.5, 0.6) is 11.5 Å². The summed E-state index contributed by atoms with van der Waals surface area (Å²) in [5.74, 6) is 0.759. The van der Waals surface area contributed by atoms with Crippen LogP contribution in [0.2, 0.25) is 0 Å². The fourth-order valence-corrected chi connectivity index (χ4v) is 4.17. The summed E-state index contributed by atoms with van der Waals surface area (Å²) in [6.45, 7) is 2.43. The van der Waals surface area contributed by atoms with Crippen LogP contribution in [0.3, 0.4) is 0 Å². The first kappa shape index (κ1) is 22.9. The predicted octanol–water partition coefficient (Wildman–Crippen LogP) is 3.04. The van der Waals surface area contributed by atoms with Crippen molar-refractivity contribution in [3.8, 4) is 11.5 Å². The Labute approximate surface area is 196 Å². The highest BCUT2D eigenvalue weighted by Crippen LogP contribution is 2.32. The van der Waals surface area contributed by atoms with Crippen molar-refractivity contribution in [1.29, 1.82) is 0 Å². The molecule has 8 nitrogen and oxygen atoms in total. The fourth-order valence-electron chi connectivity index (χ4n) is 3.33. The van der Waals surface area contributed by atoms with Gasteiger partial charge in [-0.25, -0.2) is 0 Å². The molecule has 9 heteroatoms. The number of benzene rings is 2. The van der Waals surface area contributed by atoms with Crippen molar-refractivity contribution in [2.45, 2.75) is 0 Å². The van der Waals surface area contributed by atoms with Gasteiger partial charge in [-0.05, 0) is 47.7 Å². The van der Waals surface area contributed by atoms with Crippen LogP contribution in [0.15, 0.2) is 59.5 Å². The van der Waals surface area contributed by atoms with E-state index < -0.39 is 11.1 Å². The molecule has 0 unspecified atom stereocenters. The first-order valence-electron chi connectivity index (χ1n) is 10.6. The lowest BCUT2D eigenvalue weighted by molar-refractivity contribution is -0.139. The number of hydrogen-bond acceptors (Lipinski definition) is 7. The van der Waals surface area contributed by atoms with Crippen LogP contribution in [0.4, 0.5) is 4.79 Å². The second-order valence-electron chi connectivity index (χ2n) is 7.34. The largest absolute Gasteiger partial charge is 0.490 e. The fraction of sp³-hybridized carbons (Fsp3) is 0.292. The molecule has 2 aliphatic heterocycles. The van der Waals surface area contributed by atoms with E-state index in [0.717, 1.165) is 28.0 Å². The van der Waals surface area contributed by atoms with Crippen LogP contribution in [0.25, 0.3) is 6.08 Å². The van der Waals surface area contributed by atoms with Crippen molar-refractivity contribution in [3.05, 3.63) is 65.1 Å². The van der Waals surface area contributed by atoms with Gasteiger partial charge in [0.05, 0.1) is 18.1 Å². The molecule has 0 aromatic heterocycles. The van der Waals surface area contributed by atoms with Crippen LogP contribution in [0.1, 0.15) is 5.56 Å². The van der Waals surface area contributed by atoms with Gasteiger partial charge >= 0.3 is 0 Å². The number of carbonyl (C=O) groups excluding carboxylic acids is 3. The van der Waals surface area contributed by atoms with E-state index >= 15 is 0 Å². The molecule has 2 saturated heterocycles. The van der Waals surface area contributed by atoms with Gasteiger partial charge in [-0.15, -0.1) is 0 Å². The summed E-state index contributed by atoms with van der Waals surface area (Å²) in [5.41, 5.74) is 0.757. The molecule has 0 N–H and O–H groups in total. The summed E-state index contributed by atoms with van der Waals surface area (Å²) < 4.78 is 16.5. The van der Waals surface area contributed by atoms with Gasteiger partial charge in [-0.1, -0.05) is 30.3 Å². The van der Waals surface area contributed by atoms with Crippen molar-refractivity contribution < 1.29 is 28.6 Å². The molecule has 0 aliphatic carbocycles. The minimum absolute atomic E-state index is 0.250. The second kappa shape index (κ2) is 11.0. The van der Waals surface area contributed by atoms with Gasteiger partial charge in [-0.3, -0.25) is 19.3 Å². The SMILES string of the molecule is O=C(CN1C(=O)S/C(=C\c2ccc(OCCOc3ccccc3)cc2)C1=O)N1CCOCC1. The predicted molar refractivity (Wildman–Crippen MR) is 124 cm³/mol. The van der Waals surface area contributed by atoms with Gasteiger partial charge in [0.2, 0.25) is 5.91 Å². The monoisotopic (exact) mass is 468 g/mol. The molecule has 2 fully saturated rings. The Kier molecular flexibility index (Phi) is 7.64. The molecule has 4 rings (SSSR count). The molecule has 2 aliphatic rings. The lowest BCUT2D eigenvalue weighted by Crippen LogP contribution is -2.46. The molecule has 33 heavy (non-hydrogen) atoms. The van der Waals surface area contributed by atoms with Crippen LogP contribution < -0.4 is 9.47 Å². The number of amides is 3. The molecule has 2 heterocycles. The zero-order valence-electron chi connectivity index (χ0n) is 18.0. The summed E-state index contributed by atoms with van der Waals surface area (Å²) in [6, 6.07) is 16.7. The highest BCUT2D eigenvalue weighted by atomic mass is 32.2. The molecule has 2 aromatic carbocycles. The number of thioether (sulfide) groups is 1. The van der Waals surface area contributed by atoms with E-state index in [1.54, 1.807) is 35.2 Å². The topological polar surface area (TPSA) is 85.4 Å². The minimum atomic E-state index is -0.454. The minimum Gasteiger partial charge on any atom is -0.490 e. The molecule has 2 aromatic rings. The van der Waals surface area contributed by atoms with Crippen molar-refractivity contribution in [3.63, 3.8) is 0 Å². The normalized spacial score (nSPS) is 17.5. The van der Waals surface area contributed by atoms with Crippen molar-refractivity contribution in [2.75, 3.05) is 46.1 Å². The van der Waals surface area contributed by atoms with E-state index in [9.17, 15) is 14.4 Å². The maximum absolute atomic E-state index is 12.7. The summed E-state index contributed by atoms with van der Waals surface area (Å²) in [6.07, 6.45) is 1.65. The average molecular weight is 469 g/mol. The molecule has 3 amide bonds. The Morgan fingerprint density at radius 1 is 0.939 bits per heavy atom. The van der Waals surface area contributed by atoms with Gasteiger partial charge in [0.25, 0.3) is 11.1 Å². The number of morpholine rings is 1. The molecule has 0 spiro atoms. The highest BCUT2D eigenvalue weighted by molar-refractivity contribution is 8.18. The van der Waals surface area contributed by atoms with Crippen molar-refractivity contribution in [1.82, 2.24) is 9.80 Å². The number of ether oxygens (including phenoxy) is 3. The van der Waals surface area contributed by atoms with E-state index in [-0.39, 0.29) is 12.5 Å². The summed E-state index contributed by atoms with van der Waals surface area (Å²) in [7, 11) is 0. The van der Waals surface area contributed by atoms with E-state index in [4.69, 9.17) is 14.2 Å². The Morgan fingerprint density at radius 3 is 2.24 bits per heavy atom. The Bertz CT molecular complexity index is 1020. The molecule has 0 radical (unpaired) electrons. The van der Waals surface area contributed by atoms with E-state index in [1.165, 1.54) is 0 Å². The van der Waals surface area contributed by atoms with Gasteiger partial charge in [-0.2, -0.15) is 0 Å². The standard InChI is InChI=1S/C24H24N2O6S/c27-22(25-10-12-30-13-11-25)17-26-23(28)21(33-24(26)29)16-18-6-8-20(9-7-18)32-15-14-31-19-4-2-1-3-5-19/h1-9,16H,10-15,17H2/b21-16-. The van der Waals surface area contributed by atoms with Gasteiger partial charge in [0, 0.05) is 13.1 Å². The van der Waals surface area contributed by atoms with Crippen LogP contribution >= 0.6 is 11.8 Å². The van der Waals surface area contributed by atoms with Crippen LogP contribution in [0, 0.1) is 0 Å². The van der Waals surface area contributed by atoms with Gasteiger partial charge in [0.15, 0.2) is 0 Å². The summed E-state index contributed by atoms with van der Waals surface area (Å²) in [4.78, 5) is 40.3.